The average molecular weight is 292 g/mol. The number of anilines is 1. The summed E-state index contributed by atoms with van der Waals surface area (Å²) >= 11 is 0. The van der Waals surface area contributed by atoms with Gasteiger partial charge in [0.15, 0.2) is 18.2 Å². The quantitative estimate of drug-likeness (QED) is 0.889. The number of carbonyl (C=O) groups excluding carboxylic acids is 1. The predicted octanol–water partition coefficient (Wildman–Crippen LogP) is 2.44. The van der Waals surface area contributed by atoms with Crippen molar-refractivity contribution < 1.29 is 18.3 Å². The van der Waals surface area contributed by atoms with Crippen LogP contribution in [0.15, 0.2) is 42.5 Å². The normalized spacial score (nSPS) is 10.2. The van der Waals surface area contributed by atoms with Crippen LogP contribution in [-0.2, 0) is 11.3 Å². The third-order valence-electron chi connectivity index (χ3n) is 2.73. The molecule has 0 aromatic heterocycles. The van der Waals surface area contributed by atoms with Crippen LogP contribution in [0.1, 0.15) is 5.56 Å². The number of rotatable bonds is 5. The van der Waals surface area contributed by atoms with Crippen LogP contribution in [0.3, 0.4) is 0 Å². The smallest absolute Gasteiger partial charge is 0.262 e. The summed E-state index contributed by atoms with van der Waals surface area (Å²) in [6.45, 7) is 0.0440. The van der Waals surface area contributed by atoms with Crippen LogP contribution in [0, 0.1) is 11.6 Å². The molecule has 3 N–H and O–H groups in total. The third-order valence-corrected chi connectivity index (χ3v) is 2.73. The Morgan fingerprint density at radius 2 is 1.86 bits per heavy atom. The van der Waals surface area contributed by atoms with E-state index in [1.165, 1.54) is 0 Å². The maximum Gasteiger partial charge on any atom is 0.262 e. The number of benzene rings is 2. The minimum Gasteiger partial charge on any atom is -0.481 e. The monoisotopic (exact) mass is 292 g/mol. The summed E-state index contributed by atoms with van der Waals surface area (Å²) in [5.74, 6) is -2.18. The van der Waals surface area contributed by atoms with E-state index in [-0.39, 0.29) is 12.4 Å². The number of hydrogen-bond acceptors (Lipinski definition) is 3. The lowest BCUT2D eigenvalue weighted by Gasteiger charge is -2.08. The molecule has 2 aromatic carbocycles. The highest BCUT2D eigenvalue weighted by molar-refractivity contribution is 5.91. The van der Waals surface area contributed by atoms with Gasteiger partial charge >= 0.3 is 0 Å². The van der Waals surface area contributed by atoms with Gasteiger partial charge < -0.3 is 15.8 Å². The lowest BCUT2D eigenvalue weighted by atomic mass is 10.2. The summed E-state index contributed by atoms with van der Waals surface area (Å²) in [6.07, 6.45) is 0. The molecule has 110 valence electrons. The van der Waals surface area contributed by atoms with Gasteiger partial charge in [-0.15, -0.1) is 0 Å². The van der Waals surface area contributed by atoms with Crippen LogP contribution >= 0.6 is 0 Å². The summed E-state index contributed by atoms with van der Waals surface area (Å²) in [5.41, 5.74) is 6.99. The largest absolute Gasteiger partial charge is 0.481 e. The van der Waals surface area contributed by atoms with Crippen LogP contribution in [0.5, 0.6) is 5.75 Å². The van der Waals surface area contributed by atoms with E-state index in [4.69, 9.17) is 10.5 Å². The number of halogens is 2. The van der Waals surface area contributed by atoms with E-state index in [1.54, 1.807) is 24.3 Å². The molecular weight excluding hydrogens is 278 g/mol. The molecule has 4 nitrogen and oxygen atoms in total. The molecule has 2 aromatic rings. The molecule has 0 aliphatic rings. The SMILES string of the molecule is NCc1ccc(NC(=O)COc2ccc(F)cc2F)cc1. The minimum absolute atomic E-state index is 0.176. The highest BCUT2D eigenvalue weighted by atomic mass is 19.1. The number of nitrogens with one attached hydrogen (secondary N) is 1. The average Bonchev–Trinajstić information content (AvgIpc) is 2.47. The summed E-state index contributed by atoms with van der Waals surface area (Å²) in [7, 11) is 0. The van der Waals surface area contributed by atoms with Gasteiger partial charge in [0.2, 0.25) is 0 Å². The molecule has 0 atom stereocenters. The van der Waals surface area contributed by atoms with E-state index < -0.39 is 17.5 Å². The Morgan fingerprint density at radius 1 is 1.14 bits per heavy atom. The molecule has 21 heavy (non-hydrogen) atoms. The van der Waals surface area contributed by atoms with Crippen molar-refractivity contribution in [3.8, 4) is 5.75 Å². The van der Waals surface area contributed by atoms with Gasteiger partial charge in [-0.2, -0.15) is 0 Å². The van der Waals surface area contributed by atoms with Crippen molar-refractivity contribution in [3.05, 3.63) is 59.7 Å². The van der Waals surface area contributed by atoms with Crippen LogP contribution in [0.25, 0.3) is 0 Å². The van der Waals surface area contributed by atoms with Crippen LogP contribution in [-0.4, -0.2) is 12.5 Å². The zero-order valence-corrected chi connectivity index (χ0v) is 11.1. The first kappa shape index (κ1) is 14.9. The zero-order valence-electron chi connectivity index (χ0n) is 11.1. The van der Waals surface area contributed by atoms with E-state index in [9.17, 15) is 13.6 Å². The Morgan fingerprint density at radius 3 is 2.48 bits per heavy atom. The van der Waals surface area contributed by atoms with Crippen molar-refractivity contribution in [2.24, 2.45) is 5.73 Å². The van der Waals surface area contributed by atoms with Crippen molar-refractivity contribution in [1.82, 2.24) is 0 Å². The highest BCUT2D eigenvalue weighted by Crippen LogP contribution is 2.17. The Labute approximate surface area is 120 Å². The molecule has 0 fully saturated rings. The summed E-state index contributed by atoms with van der Waals surface area (Å²) in [4.78, 5) is 11.7. The van der Waals surface area contributed by atoms with Gasteiger partial charge in [0.1, 0.15) is 5.82 Å². The van der Waals surface area contributed by atoms with Gasteiger partial charge in [0.05, 0.1) is 0 Å². The lowest BCUT2D eigenvalue weighted by molar-refractivity contribution is -0.118. The molecule has 0 aliphatic carbocycles. The van der Waals surface area contributed by atoms with E-state index in [0.717, 1.165) is 17.7 Å². The fourth-order valence-electron chi connectivity index (χ4n) is 1.66. The topological polar surface area (TPSA) is 64.3 Å². The molecule has 0 unspecified atom stereocenters. The zero-order chi connectivity index (χ0) is 15.2. The van der Waals surface area contributed by atoms with E-state index in [2.05, 4.69) is 5.32 Å². The summed E-state index contributed by atoms with van der Waals surface area (Å²) in [5, 5.41) is 2.59. The molecule has 0 saturated carbocycles. The molecule has 6 heteroatoms. The second kappa shape index (κ2) is 6.81. The third kappa shape index (κ3) is 4.25. The molecule has 0 saturated heterocycles. The fourth-order valence-corrected chi connectivity index (χ4v) is 1.66. The molecule has 0 bridgehead atoms. The Hall–Kier alpha value is -2.47. The van der Waals surface area contributed by atoms with Gasteiger partial charge in [-0.25, -0.2) is 8.78 Å². The molecule has 0 heterocycles. The van der Waals surface area contributed by atoms with Crippen molar-refractivity contribution in [1.29, 1.82) is 0 Å². The summed E-state index contributed by atoms with van der Waals surface area (Å²) in [6, 6.07) is 9.87. The fraction of sp³-hybridized carbons (Fsp3) is 0.133. The number of amides is 1. The molecule has 0 spiro atoms. The first-order chi connectivity index (χ1) is 10.1. The van der Waals surface area contributed by atoms with Crippen molar-refractivity contribution in [3.63, 3.8) is 0 Å². The molecule has 0 aliphatic heterocycles. The molecular formula is C15H14F2N2O2. The highest BCUT2D eigenvalue weighted by Gasteiger charge is 2.08. The van der Waals surface area contributed by atoms with Crippen LogP contribution in [0.4, 0.5) is 14.5 Å². The van der Waals surface area contributed by atoms with Gasteiger partial charge in [0.25, 0.3) is 5.91 Å². The maximum absolute atomic E-state index is 13.3. The number of hydrogen-bond donors (Lipinski definition) is 2. The van der Waals surface area contributed by atoms with Gasteiger partial charge in [-0.05, 0) is 29.8 Å². The maximum atomic E-state index is 13.3. The lowest BCUT2D eigenvalue weighted by Crippen LogP contribution is -2.20. The summed E-state index contributed by atoms with van der Waals surface area (Å²) < 4.78 is 31.0. The van der Waals surface area contributed by atoms with Gasteiger partial charge in [-0.1, -0.05) is 12.1 Å². The second-order valence-electron chi connectivity index (χ2n) is 4.31. The van der Waals surface area contributed by atoms with Gasteiger partial charge in [0, 0.05) is 18.3 Å². The minimum atomic E-state index is -0.852. The molecule has 1 amide bonds. The first-order valence-corrected chi connectivity index (χ1v) is 6.25. The van der Waals surface area contributed by atoms with Crippen molar-refractivity contribution in [2.45, 2.75) is 6.54 Å². The molecule has 0 radical (unpaired) electrons. The van der Waals surface area contributed by atoms with E-state index >= 15 is 0 Å². The predicted molar refractivity (Wildman–Crippen MR) is 74.8 cm³/mol. The van der Waals surface area contributed by atoms with Crippen molar-refractivity contribution >= 4 is 11.6 Å². The van der Waals surface area contributed by atoms with Crippen LogP contribution in [0.2, 0.25) is 0 Å². The number of ether oxygens (including phenoxy) is 1. The Kier molecular flexibility index (Phi) is 4.84. The second-order valence-corrected chi connectivity index (χ2v) is 4.31. The number of carbonyl (C=O) groups is 1. The van der Waals surface area contributed by atoms with E-state index in [0.29, 0.717) is 18.3 Å². The van der Waals surface area contributed by atoms with Gasteiger partial charge in [-0.3, -0.25) is 4.79 Å². The Bertz CT molecular complexity index is 630. The number of nitrogens with two attached hydrogens (primary N) is 1. The Balaban J connectivity index is 1.89. The standard InChI is InChI=1S/C15H14F2N2O2/c16-11-3-6-14(13(17)7-11)21-9-15(20)19-12-4-1-10(8-18)2-5-12/h1-7H,8-9,18H2,(H,19,20). The first-order valence-electron chi connectivity index (χ1n) is 6.25. The van der Waals surface area contributed by atoms with E-state index in [1.807, 2.05) is 0 Å². The van der Waals surface area contributed by atoms with Crippen molar-refractivity contribution in [2.75, 3.05) is 11.9 Å². The van der Waals surface area contributed by atoms with Crippen LogP contribution < -0.4 is 15.8 Å². The molecule has 2 rings (SSSR count).